The molecule has 1 aromatic rings. The van der Waals surface area contributed by atoms with E-state index in [2.05, 4.69) is 6.92 Å². The lowest BCUT2D eigenvalue weighted by Gasteiger charge is -2.41. The smallest absolute Gasteiger partial charge is 0.312 e. The molecule has 2 rings (SSSR count). The van der Waals surface area contributed by atoms with E-state index in [0.717, 1.165) is 12.8 Å². The van der Waals surface area contributed by atoms with Crippen molar-refractivity contribution in [3.8, 4) is 0 Å². The molecule has 0 heterocycles. The lowest BCUT2D eigenvalue weighted by atomic mass is 9.61. The first kappa shape index (κ1) is 18.3. The number of hydrogen-bond donors (Lipinski definition) is 0. The van der Waals surface area contributed by atoms with Gasteiger partial charge in [0.2, 0.25) is 0 Å². The number of benzene rings is 1. The van der Waals surface area contributed by atoms with Gasteiger partial charge in [0.15, 0.2) is 0 Å². The quantitative estimate of drug-likeness (QED) is 0.682. The van der Waals surface area contributed by atoms with E-state index in [-0.39, 0.29) is 11.8 Å². The zero-order valence-corrected chi connectivity index (χ0v) is 15.0. The Morgan fingerprint density at radius 1 is 1.39 bits per heavy atom. The SMILES string of the molecule is CCCCC1(C(=O)OC)CCCC(=O)C1c1ccc(Cl)cc1Cl. The molecule has 0 aliphatic heterocycles. The second-order valence-corrected chi connectivity index (χ2v) is 7.01. The summed E-state index contributed by atoms with van der Waals surface area (Å²) in [5, 5.41) is 0.946. The number of carbonyl (C=O) groups excluding carboxylic acids is 2. The maximum Gasteiger partial charge on any atom is 0.312 e. The van der Waals surface area contributed by atoms with Gasteiger partial charge in [0.25, 0.3) is 0 Å². The van der Waals surface area contributed by atoms with E-state index in [1.807, 2.05) is 0 Å². The van der Waals surface area contributed by atoms with Crippen LogP contribution < -0.4 is 0 Å². The molecule has 0 saturated heterocycles. The lowest BCUT2D eigenvalue weighted by Crippen LogP contribution is -2.45. The predicted octanol–water partition coefficient (Wildman–Crippen LogP) is 5.18. The van der Waals surface area contributed by atoms with Gasteiger partial charge in [-0.3, -0.25) is 9.59 Å². The van der Waals surface area contributed by atoms with E-state index in [1.165, 1.54) is 7.11 Å². The van der Waals surface area contributed by atoms with Crippen molar-refractivity contribution in [2.45, 2.75) is 51.4 Å². The number of carbonyl (C=O) groups is 2. The zero-order valence-electron chi connectivity index (χ0n) is 13.5. The summed E-state index contributed by atoms with van der Waals surface area (Å²) in [5.41, 5.74) is -0.139. The third-order valence-corrected chi connectivity index (χ3v) is 5.32. The van der Waals surface area contributed by atoms with Gasteiger partial charge in [-0.05, 0) is 37.0 Å². The largest absolute Gasteiger partial charge is 0.469 e. The predicted molar refractivity (Wildman–Crippen MR) is 92.0 cm³/mol. The molecule has 0 N–H and O–H groups in total. The Morgan fingerprint density at radius 2 is 2.13 bits per heavy atom. The Kier molecular flexibility index (Phi) is 6.10. The Morgan fingerprint density at radius 3 is 2.74 bits per heavy atom. The molecule has 0 aromatic heterocycles. The second-order valence-electron chi connectivity index (χ2n) is 6.17. The topological polar surface area (TPSA) is 43.4 Å². The molecule has 0 spiro atoms. The molecule has 0 bridgehead atoms. The average Bonchev–Trinajstić information content (AvgIpc) is 2.53. The van der Waals surface area contributed by atoms with Crippen molar-refractivity contribution >= 4 is 35.0 Å². The van der Waals surface area contributed by atoms with Crippen molar-refractivity contribution in [2.24, 2.45) is 5.41 Å². The fraction of sp³-hybridized carbons (Fsp3) is 0.556. The van der Waals surface area contributed by atoms with Gasteiger partial charge >= 0.3 is 5.97 Å². The summed E-state index contributed by atoms with van der Waals surface area (Å²) in [4.78, 5) is 25.4. The molecule has 0 radical (unpaired) electrons. The molecule has 1 fully saturated rings. The van der Waals surface area contributed by atoms with Crippen molar-refractivity contribution in [2.75, 3.05) is 7.11 Å². The van der Waals surface area contributed by atoms with E-state index in [1.54, 1.807) is 18.2 Å². The number of unbranched alkanes of at least 4 members (excludes halogenated alkanes) is 1. The van der Waals surface area contributed by atoms with Crippen LogP contribution in [0.25, 0.3) is 0 Å². The van der Waals surface area contributed by atoms with Crippen LogP contribution in [0.1, 0.15) is 56.9 Å². The molecule has 1 saturated carbocycles. The number of ether oxygens (including phenoxy) is 1. The number of methoxy groups -OCH3 is 1. The highest BCUT2D eigenvalue weighted by molar-refractivity contribution is 6.35. The molecule has 1 aromatic carbocycles. The molecule has 126 valence electrons. The van der Waals surface area contributed by atoms with Crippen molar-refractivity contribution in [3.63, 3.8) is 0 Å². The minimum Gasteiger partial charge on any atom is -0.469 e. The van der Waals surface area contributed by atoms with Crippen LogP contribution in [0.4, 0.5) is 0 Å². The maximum atomic E-state index is 12.7. The minimum atomic E-state index is -0.822. The molecule has 3 nitrogen and oxygen atoms in total. The maximum absolute atomic E-state index is 12.7. The Balaban J connectivity index is 2.55. The highest BCUT2D eigenvalue weighted by atomic mass is 35.5. The van der Waals surface area contributed by atoms with Crippen molar-refractivity contribution < 1.29 is 14.3 Å². The minimum absolute atomic E-state index is 0.0574. The van der Waals surface area contributed by atoms with E-state index in [9.17, 15) is 9.59 Å². The van der Waals surface area contributed by atoms with E-state index in [4.69, 9.17) is 27.9 Å². The molecule has 5 heteroatoms. The molecular formula is C18H22Cl2O3. The first-order chi connectivity index (χ1) is 11.0. The van der Waals surface area contributed by atoms with Gasteiger partial charge in [0.05, 0.1) is 18.4 Å². The van der Waals surface area contributed by atoms with Crippen LogP contribution in [-0.2, 0) is 14.3 Å². The summed E-state index contributed by atoms with van der Waals surface area (Å²) in [7, 11) is 1.38. The molecular weight excluding hydrogens is 335 g/mol. The van der Waals surface area contributed by atoms with Crippen LogP contribution in [0, 0.1) is 5.41 Å². The van der Waals surface area contributed by atoms with E-state index < -0.39 is 11.3 Å². The Hall–Kier alpha value is -1.06. The summed E-state index contributed by atoms with van der Waals surface area (Å²) in [6, 6.07) is 5.11. The normalized spacial score (nSPS) is 24.5. The summed E-state index contributed by atoms with van der Waals surface area (Å²) >= 11 is 12.3. The molecule has 1 aliphatic carbocycles. The summed E-state index contributed by atoms with van der Waals surface area (Å²) in [5.74, 6) is -0.808. The molecule has 1 aliphatic rings. The number of Topliss-reactive ketones (excluding diaryl/α,β-unsaturated/α-hetero) is 1. The Bertz CT molecular complexity index is 600. The van der Waals surface area contributed by atoms with Crippen LogP contribution in [0.15, 0.2) is 18.2 Å². The number of hydrogen-bond acceptors (Lipinski definition) is 3. The van der Waals surface area contributed by atoms with Crippen molar-refractivity contribution in [1.29, 1.82) is 0 Å². The number of rotatable bonds is 5. The molecule has 23 heavy (non-hydrogen) atoms. The average molecular weight is 357 g/mol. The van der Waals surface area contributed by atoms with Crippen LogP contribution in [0.3, 0.4) is 0 Å². The highest BCUT2D eigenvalue weighted by Gasteiger charge is 2.52. The first-order valence-corrected chi connectivity index (χ1v) is 8.78. The number of esters is 1. The summed E-state index contributed by atoms with van der Waals surface area (Å²) in [6.45, 7) is 2.07. The Labute approximate surface area is 147 Å². The third kappa shape index (κ3) is 3.56. The van der Waals surface area contributed by atoms with Crippen LogP contribution in [0.2, 0.25) is 10.0 Å². The fourth-order valence-electron chi connectivity index (χ4n) is 3.67. The van der Waals surface area contributed by atoms with E-state index in [0.29, 0.717) is 41.3 Å². The van der Waals surface area contributed by atoms with Gasteiger partial charge in [-0.2, -0.15) is 0 Å². The standard InChI is InChI=1S/C18H22Cl2O3/c1-3-4-9-18(17(22)23-2)10-5-6-15(21)16(18)13-8-7-12(19)11-14(13)20/h7-8,11,16H,3-6,9-10H2,1-2H3. The second kappa shape index (κ2) is 7.67. The number of ketones is 1. The monoisotopic (exact) mass is 356 g/mol. The van der Waals surface area contributed by atoms with Crippen molar-refractivity contribution in [1.82, 2.24) is 0 Å². The van der Waals surface area contributed by atoms with Crippen LogP contribution >= 0.6 is 23.2 Å². The summed E-state index contributed by atoms with van der Waals surface area (Å²) < 4.78 is 5.09. The van der Waals surface area contributed by atoms with Crippen LogP contribution in [-0.4, -0.2) is 18.9 Å². The molecule has 0 amide bonds. The molecule has 2 unspecified atom stereocenters. The fourth-order valence-corrected chi connectivity index (χ4v) is 4.19. The highest BCUT2D eigenvalue weighted by Crippen LogP contribution is 2.51. The summed E-state index contributed by atoms with van der Waals surface area (Å²) in [6.07, 6.45) is 4.27. The number of halogens is 2. The zero-order chi connectivity index (χ0) is 17.0. The van der Waals surface area contributed by atoms with Gasteiger partial charge in [-0.25, -0.2) is 0 Å². The van der Waals surface area contributed by atoms with Gasteiger partial charge in [0.1, 0.15) is 5.78 Å². The lowest BCUT2D eigenvalue weighted by molar-refractivity contribution is -0.160. The van der Waals surface area contributed by atoms with E-state index >= 15 is 0 Å². The van der Waals surface area contributed by atoms with Gasteiger partial charge in [0, 0.05) is 16.5 Å². The van der Waals surface area contributed by atoms with Gasteiger partial charge in [-0.15, -0.1) is 0 Å². The van der Waals surface area contributed by atoms with Gasteiger partial charge < -0.3 is 4.74 Å². The van der Waals surface area contributed by atoms with Crippen LogP contribution in [0.5, 0.6) is 0 Å². The third-order valence-electron chi connectivity index (χ3n) is 4.76. The molecule has 2 atom stereocenters. The van der Waals surface area contributed by atoms with Gasteiger partial charge in [-0.1, -0.05) is 49.0 Å². The van der Waals surface area contributed by atoms with Crippen molar-refractivity contribution in [3.05, 3.63) is 33.8 Å². The first-order valence-electron chi connectivity index (χ1n) is 8.02.